The van der Waals surface area contributed by atoms with E-state index in [0.29, 0.717) is 17.3 Å². The number of anilines is 1. The van der Waals surface area contributed by atoms with E-state index in [1.807, 2.05) is 72.8 Å². The van der Waals surface area contributed by atoms with E-state index in [2.05, 4.69) is 15.3 Å². The Kier molecular flexibility index (Phi) is 5.41. The molecule has 3 aromatic carbocycles. The molecular weight excluding hydrogens is 410 g/mol. The number of fused-ring (bicyclic) bond motifs is 2. The van der Waals surface area contributed by atoms with Crippen LogP contribution in [0.25, 0.3) is 10.9 Å². The summed E-state index contributed by atoms with van der Waals surface area (Å²) < 4.78 is 10.8. The van der Waals surface area contributed by atoms with Crippen LogP contribution >= 0.6 is 11.8 Å². The molecule has 6 nitrogen and oxygen atoms in total. The number of thioether (sulfide) groups is 1. The van der Waals surface area contributed by atoms with Gasteiger partial charge in [-0.2, -0.15) is 0 Å². The van der Waals surface area contributed by atoms with Gasteiger partial charge in [-0.1, -0.05) is 60.3 Å². The minimum atomic E-state index is 0.0530. The maximum Gasteiger partial charge on any atom is 0.231 e. The summed E-state index contributed by atoms with van der Waals surface area (Å²) in [5.74, 6) is 2.58. The number of benzene rings is 3. The van der Waals surface area contributed by atoms with Gasteiger partial charge in [0.15, 0.2) is 22.4 Å². The number of hydrogen-bond donors (Lipinski definition) is 1. The summed E-state index contributed by atoms with van der Waals surface area (Å²) in [5.41, 5.74) is 2.58. The van der Waals surface area contributed by atoms with Gasteiger partial charge >= 0.3 is 0 Å². The summed E-state index contributed by atoms with van der Waals surface area (Å²) in [5, 5.41) is 4.91. The Balaban J connectivity index is 1.35. The monoisotopic (exact) mass is 429 g/mol. The van der Waals surface area contributed by atoms with Crippen LogP contribution in [0.4, 0.5) is 5.82 Å². The molecule has 31 heavy (non-hydrogen) atoms. The number of hydrogen-bond acceptors (Lipinski definition) is 7. The maximum atomic E-state index is 12.5. The van der Waals surface area contributed by atoms with Crippen LogP contribution in [-0.4, -0.2) is 28.3 Å². The average Bonchev–Trinajstić information content (AvgIpc) is 3.29. The number of aromatic nitrogens is 2. The lowest BCUT2D eigenvalue weighted by atomic mass is 10.2. The van der Waals surface area contributed by atoms with Crippen LogP contribution < -0.4 is 14.8 Å². The second-order valence-electron chi connectivity index (χ2n) is 6.99. The summed E-state index contributed by atoms with van der Waals surface area (Å²) >= 11 is 1.34. The first kappa shape index (κ1) is 19.4. The van der Waals surface area contributed by atoms with Crippen molar-refractivity contribution in [3.05, 3.63) is 83.9 Å². The fourth-order valence-corrected chi connectivity index (χ4v) is 4.07. The molecule has 0 unspecified atom stereocenters. The molecule has 0 fully saturated rings. The summed E-state index contributed by atoms with van der Waals surface area (Å²) in [6, 6.07) is 23.0. The molecule has 2 heterocycles. The molecule has 0 aliphatic carbocycles. The van der Waals surface area contributed by atoms with Crippen LogP contribution in [0, 0.1) is 0 Å². The zero-order chi connectivity index (χ0) is 21.0. The van der Waals surface area contributed by atoms with Gasteiger partial charge in [0, 0.05) is 17.5 Å². The topological polar surface area (TPSA) is 73.3 Å². The van der Waals surface area contributed by atoms with Gasteiger partial charge in [0.05, 0.1) is 11.3 Å². The second-order valence-corrected chi connectivity index (χ2v) is 7.93. The molecule has 1 aromatic heterocycles. The van der Waals surface area contributed by atoms with E-state index in [0.717, 1.165) is 33.8 Å². The zero-order valence-electron chi connectivity index (χ0n) is 16.6. The van der Waals surface area contributed by atoms with E-state index in [1.165, 1.54) is 11.8 Å². The lowest BCUT2D eigenvalue weighted by Gasteiger charge is -2.11. The van der Waals surface area contributed by atoms with Crippen molar-refractivity contribution < 1.29 is 14.3 Å². The van der Waals surface area contributed by atoms with Crippen LogP contribution in [-0.2, 0) is 6.54 Å². The van der Waals surface area contributed by atoms with Gasteiger partial charge in [-0.05, 0) is 29.8 Å². The molecule has 5 rings (SSSR count). The minimum Gasteiger partial charge on any atom is -0.454 e. The molecule has 154 valence electrons. The first-order chi connectivity index (χ1) is 15.3. The van der Waals surface area contributed by atoms with Crippen LogP contribution in [0.5, 0.6) is 11.5 Å². The SMILES string of the molecule is O=C(CSc1nc(NCc2ccc3c(c2)OCO3)c2ccccc2n1)c1ccccc1. The number of ketones is 1. The third kappa shape index (κ3) is 4.32. The Bertz CT molecular complexity index is 1250. The van der Waals surface area contributed by atoms with Crippen molar-refractivity contribution in [2.45, 2.75) is 11.7 Å². The predicted molar refractivity (Wildman–Crippen MR) is 121 cm³/mol. The van der Waals surface area contributed by atoms with E-state index >= 15 is 0 Å². The summed E-state index contributed by atoms with van der Waals surface area (Å²) in [6.07, 6.45) is 0. The first-order valence-electron chi connectivity index (χ1n) is 9.86. The molecule has 1 aliphatic rings. The third-order valence-electron chi connectivity index (χ3n) is 4.91. The summed E-state index contributed by atoms with van der Waals surface area (Å²) in [4.78, 5) is 21.8. The fourth-order valence-electron chi connectivity index (χ4n) is 3.33. The molecule has 1 N–H and O–H groups in total. The average molecular weight is 430 g/mol. The molecule has 0 bridgehead atoms. The number of carbonyl (C=O) groups excluding carboxylic acids is 1. The van der Waals surface area contributed by atoms with Crippen molar-refractivity contribution in [3.8, 4) is 11.5 Å². The largest absolute Gasteiger partial charge is 0.454 e. The normalized spacial score (nSPS) is 12.1. The van der Waals surface area contributed by atoms with Crippen LogP contribution in [0.3, 0.4) is 0 Å². The Labute approximate surface area is 183 Å². The molecule has 4 aromatic rings. The molecule has 0 radical (unpaired) electrons. The van der Waals surface area contributed by atoms with Gasteiger partial charge in [-0.15, -0.1) is 0 Å². The second kappa shape index (κ2) is 8.65. The Morgan fingerprint density at radius 2 is 1.74 bits per heavy atom. The Morgan fingerprint density at radius 3 is 2.65 bits per heavy atom. The zero-order valence-corrected chi connectivity index (χ0v) is 17.4. The molecule has 0 saturated heterocycles. The molecule has 1 aliphatic heterocycles. The van der Waals surface area contributed by atoms with Crippen LogP contribution in [0.15, 0.2) is 78.0 Å². The first-order valence-corrected chi connectivity index (χ1v) is 10.8. The quantitative estimate of drug-likeness (QED) is 0.253. The van der Waals surface area contributed by atoms with Crippen molar-refractivity contribution >= 4 is 34.3 Å². The highest BCUT2D eigenvalue weighted by atomic mass is 32.2. The van der Waals surface area contributed by atoms with E-state index < -0.39 is 0 Å². The van der Waals surface area contributed by atoms with E-state index in [1.54, 1.807) is 0 Å². The number of para-hydroxylation sites is 1. The standard InChI is InChI=1S/C24H19N3O3S/c28-20(17-6-2-1-3-7-17)14-31-24-26-19-9-5-4-8-18(19)23(27-24)25-13-16-10-11-21-22(12-16)30-15-29-21/h1-12H,13-15H2,(H,25,26,27). The van der Waals surface area contributed by atoms with Crippen molar-refractivity contribution in [1.82, 2.24) is 9.97 Å². The van der Waals surface area contributed by atoms with Crippen molar-refractivity contribution in [2.75, 3.05) is 17.9 Å². The Morgan fingerprint density at radius 1 is 0.935 bits per heavy atom. The number of carbonyl (C=O) groups is 1. The molecular formula is C24H19N3O3S. The summed E-state index contributed by atoms with van der Waals surface area (Å²) in [6.45, 7) is 0.829. The molecule has 0 spiro atoms. The lowest BCUT2D eigenvalue weighted by Crippen LogP contribution is -2.06. The van der Waals surface area contributed by atoms with Gasteiger partial charge in [-0.3, -0.25) is 4.79 Å². The smallest absolute Gasteiger partial charge is 0.231 e. The van der Waals surface area contributed by atoms with Crippen LogP contribution in [0.2, 0.25) is 0 Å². The maximum absolute atomic E-state index is 12.5. The van der Waals surface area contributed by atoms with Crippen molar-refractivity contribution in [1.29, 1.82) is 0 Å². The highest BCUT2D eigenvalue weighted by molar-refractivity contribution is 7.99. The number of Topliss-reactive ketones (excluding diaryl/α,β-unsaturated/α-hetero) is 1. The van der Waals surface area contributed by atoms with E-state index in [4.69, 9.17) is 9.47 Å². The van der Waals surface area contributed by atoms with Gasteiger partial charge < -0.3 is 14.8 Å². The van der Waals surface area contributed by atoms with E-state index in [9.17, 15) is 4.79 Å². The number of ether oxygens (including phenoxy) is 2. The van der Waals surface area contributed by atoms with Crippen molar-refractivity contribution in [3.63, 3.8) is 0 Å². The highest BCUT2D eigenvalue weighted by Gasteiger charge is 2.14. The number of nitrogens with one attached hydrogen (secondary N) is 1. The highest BCUT2D eigenvalue weighted by Crippen LogP contribution is 2.33. The predicted octanol–water partition coefficient (Wildman–Crippen LogP) is 4.95. The van der Waals surface area contributed by atoms with Gasteiger partial charge in [0.25, 0.3) is 0 Å². The molecule has 0 atom stereocenters. The number of rotatable bonds is 7. The minimum absolute atomic E-state index is 0.0530. The van der Waals surface area contributed by atoms with E-state index in [-0.39, 0.29) is 18.3 Å². The third-order valence-corrected chi connectivity index (χ3v) is 5.76. The molecule has 0 saturated carbocycles. The molecule has 0 amide bonds. The number of nitrogens with zero attached hydrogens (tertiary/aromatic N) is 2. The fraction of sp³-hybridized carbons (Fsp3) is 0.125. The Hall–Kier alpha value is -3.58. The lowest BCUT2D eigenvalue weighted by molar-refractivity contribution is 0.102. The summed E-state index contributed by atoms with van der Waals surface area (Å²) in [7, 11) is 0. The van der Waals surface area contributed by atoms with Gasteiger partial charge in [0.2, 0.25) is 6.79 Å². The van der Waals surface area contributed by atoms with Crippen molar-refractivity contribution in [2.24, 2.45) is 0 Å². The van der Waals surface area contributed by atoms with Gasteiger partial charge in [-0.25, -0.2) is 9.97 Å². The van der Waals surface area contributed by atoms with Gasteiger partial charge in [0.1, 0.15) is 5.82 Å². The van der Waals surface area contributed by atoms with Crippen LogP contribution in [0.1, 0.15) is 15.9 Å². The molecule has 7 heteroatoms.